The van der Waals surface area contributed by atoms with E-state index in [1.54, 1.807) is 6.08 Å². The van der Waals surface area contributed by atoms with E-state index >= 15 is 0 Å². The molecule has 3 rings (SSSR count). The summed E-state index contributed by atoms with van der Waals surface area (Å²) >= 11 is 7.44. The van der Waals surface area contributed by atoms with E-state index in [9.17, 15) is 9.59 Å². The molecule has 1 unspecified atom stereocenters. The fraction of sp³-hybridized carbons (Fsp3) is 0.444. The van der Waals surface area contributed by atoms with Gasteiger partial charge >= 0.3 is 0 Å². The number of nitrogens with one attached hydrogen (secondary N) is 3. The third-order valence-electron chi connectivity index (χ3n) is 4.49. The van der Waals surface area contributed by atoms with Gasteiger partial charge in [0.05, 0.1) is 15.6 Å². The molecule has 3 N–H and O–H groups in total. The number of thioether (sulfide) groups is 1. The third kappa shape index (κ3) is 5.62. The van der Waals surface area contributed by atoms with E-state index in [1.165, 1.54) is 0 Å². The third-order valence-corrected chi connectivity index (χ3v) is 5.61. The molecule has 0 radical (unpaired) electrons. The summed E-state index contributed by atoms with van der Waals surface area (Å²) in [5, 5.41) is 9.33. The van der Waals surface area contributed by atoms with Crippen LogP contribution in [0.5, 0.6) is 0 Å². The Morgan fingerprint density at radius 2 is 2.19 bits per heavy atom. The fourth-order valence-corrected chi connectivity index (χ4v) is 4.27. The van der Waals surface area contributed by atoms with Gasteiger partial charge in [-0.3, -0.25) is 14.9 Å². The molecule has 2 saturated heterocycles. The lowest BCUT2D eigenvalue weighted by Crippen LogP contribution is -2.47. The maximum absolute atomic E-state index is 11.9. The van der Waals surface area contributed by atoms with Crippen molar-refractivity contribution in [3.05, 3.63) is 33.7 Å². The van der Waals surface area contributed by atoms with E-state index in [-0.39, 0.29) is 23.6 Å². The van der Waals surface area contributed by atoms with Gasteiger partial charge in [-0.1, -0.05) is 23.7 Å². The SMILES string of the molecule is CNCCNC1CCCN(c2c(Cl)cccc2/C=C2/SC(=O)NC2=O)C1.Cl. The van der Waals surface area contributed by atoms with Crippen LogP contribution in [0.3, 0.4) is 0 Å². The van der Waals surface area contributed by atoms with Gasteiger partial charge in [-0.05, 0) is 43.8 Å². The fourth-order valence-electron chi connectivity index (χ4n) is 3.29. The molecule has 9 heteroatoms. The van der Waals surface area contributed by atoms with Crippen molar-refractivity contribution >= 4 is 58.7 Å². The average Bonchev–Trinajstić information content (AvgIpc) is 2.93. The van der Waals surface area contributed by atoms with E-state index in [1.807, 2.05) is 25.2 Å². The standard InChI is InChI=1S/C18H23ClN4O2S.ClH/c1-20-7-8-21-13-5-3-9-23(11-13)16-12(4-2-6-14(16)19)10-15-17(24)22-18(25)26-15;/h2,4,6,10,13,20-21H,3,5,7-9,11H2,1H3,(H,22,24,25);1H/b15-10+;. The van der Waals surface area contributed by atoms with Crippen LogP contribution in [-0.4, -0.2) is 50.4 Å². The molecule has 2 fully saturated rings. The highest BCUT2D eigenvalue weighted by Gasteiger charge is 2.27. The lowest BCUT2D eigenvalue weighted by atomic mass is 10.0. The second-order valence-corrected chi connectivity index (χ2v) is 7.79. The first kappa shape index (κ1) is 22.0. The van der Waals surface area contributed by atoms with Crippen LogP contribution >= 0.6 is 35.8 Å². The molecular formula is C18H24Cl2N4O2S. The number of piperidine rings is 1. The molecule has 0 bridgehead atoms. The van der Waals surface area contributed by atoms with Gasteiger partial charge in [0.25, 0.3) is 11.1 Å². The van der Waals surface area contributed by atoms with Crippen molar-refractivity contribution in [1.29, 1.82) is 0 Å². The Kier molecular flexibility index (Phi) is 8.44. The van der Waals surface area contributed by atoms with E-state index in [0.717, 1.165) is 62.0 Å². The summed E-state index contributed by atoms with van der Waals surface area (Å²) in [5.41, 5.74) is 1.79. The van der Waals surface area contributed by atoms with Gasteiger partial charge in [-0.15, -0.1) is 12.4 Å². The molecule has 0 spiro atoms. The van der Waals surface area contributed by atoms with Crippen LogP contribution in [0, 0.1) is 0 Å². The lowest BCUT2D eigenvalue weighted by molar-refractivity contribution is -0.115. The van der Waals surface area contributed by atoms with Gasteiger partial charge in [0.1, 0.15) is 0 Å². The van der Waals surface area contributed by atoms with Crippen LogP contribution in [0.15, 0.2) is 23.1 Å². The second kappa shape index (κ2) is 10.3. The van der Waals surface area contributed by atoms with Gasteiger partial charge in [-0.25, -0.2) is 0 Å². The van der Waals surface area contributed by atoms with E-state index < -0.39 is 0 Å². The lowest BCUT2D eigenvalue weighted by Gasteiger charge is -2.36. The Balaban J connectivity index is 0.00000261. The van der Waals surface area contributed by atoms with E-state index in [0.29, 0.717) is 16.0 Å². The monoisotopic (exact) mass is 430 g/mol. The molecule has 2 aliphatic heterocycles. The topological polar surface area (TPSA) is 73.5 Å². The summed E-state index contributed by atoms with van der Waals surface area (Å²) in [4.78, 5) is 26.0. The maximum atomic E-state index is 11.9. The van der Waals surface area contributed by atoms with Crippen LogP contribution < -0.4 is 20.9 Å². The largest absolute Gasteiger partial charge is 0.368 e. The Morgan fingerprint density at radius 3 is 2.89 bits per heavy atom. The van der Waals surface area contributed by atoms with Crippen molar-refractivity contribution in [1.82, 2.24) is 16.0 Å². The molecule has 148 valence electrons. The second-order valence-electron chi connectivity index (χ2n) is 6.37. The number of carbonyl (C=O) groups is 2. The molecule has 1 aromatic rings. The molecule has 0 aromatic heterocycles. The van der Waals surface area contributed by atoms with Crippen LogP contribution in [0.25, 0.3) is 6.08 Å². The van der Waals surface area contributed by atoms with Gasteiger partial charge in [-0.2, -0.15) is 0 Å². The number of likely N-dealkylation sites (N-methyl/N-ethyl adjacent to an activating group) is 1. The van der Waals surface area contributed by atoms with Gasteiger partial charge < -0.3 is 15.5 Å². The van der Waals surface area contributed by atoms with E-state index in [2.05, 4.69) is 20.9 Å². The van der Waals surface area contributed by atoms with Crippen molar-refractivity contribution in [3.63, 3.8) is 0 Å². The minimum Gasteiger partial charge on any atom is -0.368 e. The number of hydrogen-bond donors (Lipinski definition) is 3. The number of benzene rings is 1. The van der Waals surface area contributed by atoms with Crippen molar-refractivity contribution in [3.8, 4) is 0 Å². The average molecular weight is 431 g/mol. The molecule has 27 heavy (non-hydrogen) atoms. The minimum atomic E-state index is -0.351. The number of amides is 2. The van der Waals surface area contributed by atoms with Crippen molar-refractivity contribution < 1.29 is 9.59 Å². The first-order chi connectivity index (χ1) is 12.6. The molecule has 2 heterocycles. The normalized spacial score (nSPS) is 21.3. The number of carbonyl (C=O) groups excluding carboxylic acids is 2. The van der Waals surface area contributed by atoms with Gasteiger partial charge in [0, 0.05) is 37.8 Å². The highest BCUT2D eigenvalue weighted by atomic mass is 35.5. The summed E-state index contributed by atoms with van der Waals surface area (Å²) in [7, 11) is 1.94. The zero-order chi connectivity index (χ0) is 18.5. The Bertz CT molecular complexity index is 729. The zero-order valence-corrected chi connectivity index (χ0v) is 17.5. The number of imide groups is 1. The molecular weight excluding hydrogens is 407 g/mol. The van der Waals surface area contributed by atoms with Crippen molar-refractivity contribution in [2.75, 3.05) is 38.1 Å². The summed E-state index contributed by atoms with van der Waals surface area (Å²) in [6.07, 6.45) is 3.96. The molecule has 1 atom stereocenters. The summed E-state index contributed by atoms with van der Waals surface area (Å²) < 4.78 is 0. The van der Waals surface area contributed by atoms with Crippen molar-refractivity contribution in [2.24, 2.45) is 0 Å². The summed E-state index contributed by atoms with van der Waals surface area (Å²) in [5.74, 6) is -0.351. The molecule has 6 nitrogen and oxygen atoms in total. The van der Waals surface area contributed by atoms with Crippen LogP contribution in [0.2, 0.25) is 5.02 Å². The minimum absolute atomic E-state index is 0. The van der Waals surface area contributed by atoms with Crippen molar-refractivity contribution in [2.45, 2.75) is 18.9 Å². The van der Waals surface area contributed by atoms with E-state index in [4.69, 9.17) is 11.6 Å². The predicted octanol–water partition coefficient (Wildman–Crippen LogP) is 2.86. The first-order valence-electron chi connectivity index (χ1n) is 8.75. The Labute approximate surface area is 174 Å². The molecule has 1 aromatic carbocycles. The zero-order valence-electron chi connectivity index (χ0n) is 15.1. The van der Waals surface area contributed by atoms with Gasteiger partial charge in [0.15, 0.2) is 0 Å². The number of anilines is 1. The number of rotatable bonds is 6. The highest BCUT2D eigenvalue weighted by molar-refractivity contribution is 8.18. The van der Waals surface area contributed by atoms with Crippen LogP contribution in [0.1, 0.15) is 18.4 Å². The Morgan fingerprint density at radius 1 is 1.37 bits per heavy atom. The predicted molar refractivity (Wildman–Crippen MR) is 115 cm³/mol. The highest BCUT2D eigenvalue weighted by Crippen LogP contribution is 2.35. The molecule has 2 aliphatic rings. The number of hydrogen-bond acceptors (Lipinski definition) is 6. The maximum Gasteiger partial charge on any atom is 0.290 e. The molecule has 0 saturated carbocycles. The van der Waals surface area contributed by atoms with Crippen LogP contribution in [-0.2, 0) is 4.79 Å². The smallest absolute Gasteiger partial charge is 0.290 e. The number of halogens is 2. The number of nitrogens with zero attached hydrogens (tertiary/aromatic N) is 1. The van der Waals surface area contributed by atoms with Crippen LogP contribution in [0.4, 0.5) is 10.5 Å². The molecule has 0 aliphatic carbocycles. The summed E-state index contributed by atoms with van der Waals surface area (Å²) in [6, 6.07) is 6.07. The summed E-state index contributed by atoms with van der Waals surface area (Å²) in [6.45, 7) is 3.64. The molecule has 2 amide bonds. The Hall–Kier alpha value is -1.25. The quantitative estimate of drug-likeness (QED) is 0.475. The first-order valence-corrected chi connectivity index (χ1v) is 9.94. The van der Waals surface area contributed by atoms with Gasteiger partial charge in [0.2, 0.25) is 0 Å². The number of para-hydroxylation sites is 1.